The number of para-hydroxylation sites is 1. The van der Waals surface area contributed by atoms with E-state index in [9.17, 15) is 10.1 Å². The number of carboxylic acid groups (broad SMARTS) is 1. The molecule has 0 spiro atoms. The van der Waals surface area contributed by atoms with Gasteiger partial charge in [-0.05, 0) is 31.0 Å². The number of aromatic carboxylic acids is 1. The summed E-state index contributed by atoms with van der Waals surface area (Å²) >= 11 is 0. The van der Waals surface area contributed by atoms with Crippen molar-refractivity contribution in [2.75, 3.05) is 6.61 Å². The minimum Gasteiger partial charge on any atom is -0.492 e. The van der Waals surface area contributed by atoms with Crippen LogP contribution in [0.25, 0.3) is 11.4 Å². The first kappa shape index (κ1) is 16.9. The highest BCUT2D eigenvalue weighted by molar-refractivity contribution is 5.85. The van der Waals surface area contributed by atoms with E-state index in [1.807, 2.05) is 18.2 Å². The Morgan fingerprint density at radius 1 is 1.28 bits per heavy atom. The molecule has 0 aliphatic heterocycles. The molecule has 2 unspecified atom stereocenters. The van der Waals surface area contributed by atoms with Gasteiger partial charge in [-0.25, -0.2) is 14.8 Å². The van der Waals surface area contributed by atoms with Gasteiger partial charge in [-0.1, -0.05) is 25.0 Å². The van der Waals surface area contributed by atoms with Gasteiger partial charge in [-0.2, -0.15) is 5.26 Å². The monoisotopic (exact) mass is 337 g/mol. The molecule has 0 amide bonds. The van der Waals surface area contributed by atoms with Crippen molar-refractivity contribution in [1.29, 1.82) is 5.26 Å². The number of aromatic nitrogens is 2. The predicted molar refractivity (Wildman–Crippen MR) is 91.0 cm³/mol. The molecule has 1 aromatic carbocycles. The van der Waals surface area contributed by atoms with Gasteiger partial charge in [0.05, 0.1) is 24.2 Å². The van der Waals surface area contributed by atoms with Crippen LogP contribution in [0.2, 0.25) is 0 Å². The lowest BCUT2D eigenvalue weighted by Crippen LogP contribution is -2.24. The van der Waals surface area contributed by atoms with Crippen LogP contribution in [0, 0.1) is 23.2 Å². The van der Waals surface area contributed by atoms with Crippen LogP contribution in [-0.2, 0) is 0 Å². The summed E-state index contributed by atoms with van der Waals surface area (Å²) in [6, 6.07) is 11.0. The number of hydrogen-bond donors (Lipinski definition) is 1. The first-order valence-electron chi connectivity index (χ1n) is 8.37. The van der Waals surface area contributed by atoms with Crippen LogP contribution in [0.1, 0.15) is 36.2 Å². The van der Waals surface area contributed by atoms with Crippen molar-refractivity contribution in [3.63, 3.8) is 0 Å². The third-order valence-corrected chi connectivity index (χ3v) is 4.53. The maximum Gasteiger partial charge on any atom is 0.354 e. The molecular weight excluding hydrogens is 318 g/mol. The van der Waals surface area contributed by atoms with Crippen molar-refractivity contribution in [2.45, 2.75) is 25.7 Å². The average Bonchev–Trinajstić information content (AvgIpc) is 2.67. The van der Waals surface area contributed by atoms with E-state index >= 15 is 0 Å². The molecule has 6 nitrogen and oxygen atoms in total. The summed E-state index contributed by atoms with van der Waals surface area (Å²) in [6.45, 7) is 0.466. The Bertz CT molecular complexity index is 800. The van der Waals surface area contributed by atoms with Gasteiger partial charge >= 0.3 is 5.97 Å². The summed E-state index contributed by atoms with van der Waals surface area (Å²) in [5, 5.41) is 18.4. The van der Waals surface area contributed by atoms with Crippen molar-refractivity contribution in [3.8, 4) is 23.2 Å². The van der Waals surface area contributed by atoms with Gasteiger partial charge in [-0.3, -0.25) is 0 Å². The smallest absolute Gasteiger partial charge is 0.354 e. The van der Waals surface area contributed by atoms with Crippen LogP contribution in [0.5, 0.6) is 5.75 Å². The molecule has 0 saturated heterocycles. The van der Waals surface area contributed by atoms with Crippen molar-refractivity contribution >= 4 is 5.97 Å². The number of carbonyl (C=O) groups is 1. The molecule has 128 valence electrons. The average molecular weight is 337 g/mol. The molecule has 25 heavy (non-hydrogen) atoms. The SMILES string of the molecule is N#CC1CCCCC1COc1ccccc1-c1nccc(C(=O)O)n1. The highest BCUT2D eigenvalue weighted by Crippen LogP contribution is 2.32. The van der Waals surface area contributed by atoms with Crippen LogP contribution in [0.15, 0.2) is 36.5 Å². The minimum absolute atomic E-state index is 0.0347. The van der Waals surface area contributed by atoms with Crippen molar-refractivity contribution in [3.05, 3.63) is 42.2 Å². The molecule has 2 aromatic rings. The van der Waals surface area contributed by atoms with Gasteiger partial charge < -0.3 is 9.84 Å². The summed E-state index contributed by atoms with van der Waals surface area (Å²) in [5.41, 5.74) is 0.589. The second-order valence-electron chi connectivity index (χ2n) is 6.16. The van der Waals surface area contributed by atoms with Gasteiger partial charge in [0.25, 0.3) is 0 Å². The molecule has 1 aromatic heterocycles. The Kier molecular flexibility index (Phi) is 5.24. The lowest BCUT2D eigenvalue weighted by Gasteiger charge is -2.26. The second-order valence-corrected chi connectivity index (χ2v) is 6.16. The molecule has 6 heteroatoms. The maximum absolute atomic E-state index is 11.1. The molecule has 0 bridgehead atoms. The molecule has 1 N–H and O–H groups in total. The molecule has 0 radical (unpaired) electrons. The van der Waals surface area contributed by atoms with Gasteiger partial charge in [-0.15, -0.1) is 0 Å². The Morgan fingerprint density at radius 2 is 2.08 bits per heavy atom. The fourth-order valence-electron chi connectivity index (χ4n) is 3.16. The fraction of sp³-hybridized carbons (Fsp3) is 0.368. The number of ether oxygens (including phenoxy) is 1. The van der Waals surface area contributed by atoms with Crippen molar-refractivity contribution in [2.24, 2.45) is 11.8 Å². The first-order valence-corrected chi connectivity index (χ1v) is 8.37. The number of benzene rings is 1. The zero-order valence-electron chi connectivity index (χ0n) is 13.8. The van der Waals surface area contributed by atoms with Crippen molar-refractivity contribution < 1.29 is 14.6 Å². The quantitative estimate of drug-likeness (QED) is 0.896. The number of nitriles is 1. The van der Waals surface area contributed by atoms with E-state index in [2.05, 4.69) is 16.0 Å². The zero-order valence-corrected chi connectivity index (χ0v) is 13.8. The van der Waals surface area contributed by atoms with Crippen LogP contribution >= 0.6 is 0 Å². The molecule has 1 heterocycles. The lowest BCUT2D eigenvalue weighted by molar-refractivity contribution is 0.0690. The van der Waals surface area contributed by atoms with Crippen LogP contribution in [-0.4, -0.2) is 27.7 Å². The summed E-state index contributed by atoms with van der Waals surface area (Å²) in [5.74, 6) is 0.0787. The molecule has 1 saturated carbocycles. The summed E-state index contributed by atoms with van der Waals surface area (Å²) in [7, 11) is 0. The lowest BCUT2D eigenvalue weighted by atomic mass is 9.80. The van der Waals surface area contributed by atoms with E-state index in [0.717, 1.165) is 25.7 Å². The minimum atomic E-state index is -1.10. The number of nitrogens with zero attached hydrogens (tertiary/aromatic N) is 3. The van der Waals surface area contributed by atoms with Gasteiger partial charge in [0, 0.05) is 12.1 Å². The van der Waals surface area contributed by atoms with E-state index in [-0.39, 0.29) is 17.5 Å². The van der Waals surface area contributed by atoms with Gasteiger partial charge in [0.1, 0.15) is 5.75 Å². The van der Waals surface area contributed by atoms with Crippen molar-refractivity contribution in [1.82, 2.24) is 9.97 Å². The Hall–Kier alpha value is -2.94. The molecule has 1 aliphatic carbocycles. The van der Waals surface area contributed by atoms with E-state index < -0.39 is 5.97 Å². The highest BCUT2D eigenvalue weighted by Gasteiger charge is 2.26. The molecule has 1 fully saturated rings. The molecule has 2 atom stereocenters. The Morgan fingerprint density at radius 3 is 2.88 bits per heavy atom. The van der Waals surface area contributed by atoms with E-state index in [4.69, 9.17) is 9.84 Å². The van der Waals surface area contributed by atoms with Crippen LogP contribution in [0.4, 0.5) is 0 Å². The Labute approximate surface area is 146 Å². The largest absolute Gasteiger partial charge is 0.492 e. The zero-order chi connectivity index (χ0) is 17.6. The number of carboxylic acids is 1. The highest BCUT2D eigenvalue weighted by atomic mass is 16.5. The summed E-state index contributed by atoms with van der Waals surface area (Å²) in [6.07, 6.45) is 5.56. The molecule has 1 aliphatic rings. The van der Waals surface area contributed by atoms with Gasteiger partial charge in [0.2, 0.25) is 0 Å². The number of rotatable bonds is 5. The third kappa shape index (κ3) is 3.94. The van der Waals surface area contributed by atoms with Gasteiger partial charge in [0.15, 0.2) is 11.5 Å². The van der Waals surface area contributed by atoms with E-state index in [1.165, 1.54) is 12.3 Å². The first-order chi connectivity index (χ1) is 12.2. The van der Waals surface area contributed by atoms with E-state index in [0.29, 0.717) is 23.7 Å². The normalized spacial score (nSPS) is 19.8. The topological polar surface area (TPSA) is 96.1 Å². The second kappa shape index (κ2) is 7.75. The van der Waals surface area contributed by atoms with Crippen LogP contribution in [0.3, 0.4) is 0 Å². The summed E-state index contributed by atoms with van der Waals surface area (Å²) < 4.78 is 5.98. The maximum atomic E-state index is 11.1. The van der Waals surface area contributed by atoms with E-state index in [1.54, 1.807) is 6.07 Å². The third-order valence-electron chi connectivity index (χ3n) is 4.53. The molecule has 3 rings (SSSR count). The predicted octanol–water partition coefficient (Wildman–Crippen LogP) is 3.55. The number of hydrogen-bond acceptors (Lipinski definition) is 5. The Balaban J connectivity index is 1.81. The fourth-order valence-corrected chi connectivity index (χ4v) is 3.16. The summed E-state index contributed by atoms with van der Waals surface area (Å²) in [4.78, 5) is 19.4. The standard InChI is InChI=1S/C19H19N3O3/c20-11-13-5-1-2-6-14(13)12-25-17-8-4-3-7-15(17)18-21-10-9-16(22-18)19(23)24/h3-4,7-10,13-14H,1-2,5-6,12H2,(H,23,24). The van der Waals surface area contributed by atoms with Crippen LogP contribution < -0.4 is 4.74 Å². The molecular formula is C19H19N3O3.